The number of fused-ring (bicyclic) bond motifs is 1. The lowest BCUT2D eigenvalue weighted by atomic mass is 9.94. The van der Waals surface area contributed by atoms with Crippen molar-refractivity contribution in [1.29, 1.82) is 0 Å². The van der Waals surface area contributed by atoms with E-state index in [0.29, 0.717) is 31.1 Å². The molecule has 4 rings (SSSR count). The Morgan fingerprint density at radius 1 is 1.06 bits per heavy atom. The average molecular weight is 479 g/mol. The van der Waals surface area contributed by atoms with Gasteiger partial charge >= 0.3 is 5.69 Å². The summed E-state index contributed by atoms with van der Waals surface area (Å²) in [5.74, 6) is 0. The normalized spacial score (nSPS) is 19.7. The second kappa shape index (κ2) is 8.17. The smallest absolute Gasteiger partial charge is 0.311 e. The van der Waals surface area contributed by atoms with E-state index in [2.05, 4.69) is 10.3 Å². The van der Waals surface area contributed by atoms with Crippen molar-refractivity contribution in [3.8, 4) is 0 Å². The predicted molar refractivity (Wildman–Crippen MR) is 120 cm³/mol. The molecule has 2 aromatic heterocycles. The monoisotopic (exact) mass is 478 g/mol. The molecule has 12 heteroatoms. The summed E-state index contributed by atoms with van der Waals surface area (Å²) in [5.41, 5.74) is -0.00538. The molecule has 0 radical (unpaired) electrons. The summed E-state index contributed by atoms with van der Waals surface area (Å²) < 4.78 is 50.8. The first kappa shape index (κ1) is 22.2. The van der Waals surface area contributed by atoms with Crippen LogP contribution in [0.1, 0.15) is 25.7 Å². The molecular weight excluding hydrogens is 456 g/mol. The summed E-state index contributed by atoms with van der Waals surface area (Å²) >= 11 is 0. The van der Waals surface area contributed by atoms with Gasteiger partial charge in [-0.3, -0.25) is 10.1 Å². The van der Waals surface area contributed by atoms with Crippen LogP contribution in [0.5, 0.6) is 0 Å². The van der Waals surface area contributed by atoms with Crippen LogP contribution in [-0.4, -0.2) is 48.3 Å². The topological polar surface area (TPSA) is 141 Å². The van der Waals surface area contributed by atoms with E-state index in [1.54, 1.807) is 18.2 Å². The van der Waals surface area contributed by atoms with Gasteiger partial charge in [0.25, 0.3) is 10.0 Å². The molecule has 2 heterocycles. The molecule has 1 aromatic carbocycles. The molecule has 1 saturated carbocycles. The lowest BCUT2D eigenvalue weighted by Crippen LogP contribution is -2.32. The van der Waals surface area contributed by atoms with Gasteiger partial charge in [0.1, 0.15) is 21.7 Å². The summed E-state index contributed by atoms with van der Waals surface area (Å²) in [7, 11) is -7.07. The summed E-state index contributed by atoms with van der Waals surface area (Å²) in [4.78, 5) is 15.2. The second-order valence-electron chi connectivity index (χ2n) is 7.89. The van der Waals surface area contributed by atoms with Crippen molar-refractivity contribution in [2.24, 2.45) is 0 Å². The van der Waals surface area contributed by atoms with E-state index >= 15 is 0 Å². The van der Waals surface area contributed by atoms with Gasteiger partial charge in [-0.05, 0) is 43.9 Å². The fourth-order valence-electron chi connectivity index (χ4n) is 4.08. The van der Waals surface area contributed by atoms with Crippen LogP contribution in [0, 0.1) is 10.1 Å². The van der Waals surface area contributed by atoms with E-state index in [9.17, 15) is 26.9 Å². The van der Waals surface area contributed by atoms with E-state index in [4.69, 9.17) is 0 Å². The van der Waals surface area contributed by atoms with Crippen LogP contribution in [0.4, 0.5) is 11.4 Å². The molecule has 0 spiro atoms. The third-order valence-corrected chi connectivity index (χ3v) is 9.15. The molecule has 0 amide bonds. The Bertz CT molecular complexity index is 1380. The van der Waals surface area contributed by atoms with E-state index in [0.717, 1.165) is 10.2 Å². The highest BCUT2D eigenvalue weighted by atomic mass is 32.2. The summed E-state index contributed by atoms with van der Waals surface area (Å²) in [6.45, 7) is 0. The number of anilines is 1. The number of pyridine rings is 1. The lowest BCUT2D eigenvalue weighted by molar-refractivity contribution is -0.384. The Labute approximate surface area is 185 Å². The van der Waals surface area contributed by atoms with Gasteiger partial charge in [-0.2, -0.15) is 0 Å². The molecule has 0 bridgehead atoms. The van der Waals surface area contributed by atoms with Gasteiger partial charge in [0, 0.05) is 18.5 Å². The zero-order valence-electron chi connectivity index (χ0n) is 17.2. The Morgan fingerprint density at radius 3 is 2.31 bits per heavy atom. The van der Waals surface area contributed by atoms with E-state index in [1.807, 2.05) is 0 Å². The number of hydrogen-bond acceptors (Lipinski definition) is 8. The van der Waals surface area contributed by atoms with Crippen molar-refractivity contribution >= 4 is 42.3 Å². The van der Waals surface area contributed by atoms with Crippen molar-refractivity contribution in [1.82, 2.24) is 8.96 Å². The van der Waals surface area contributed by atoms with Crippen molar-refractivity contribution in [3.05, 3.63) is 58.9 Å². The van der Waals surface area contributed by atoms with Crippen LogP contribution in [0.2, 0.25) is 0 Å². The van der Waals surface area contributed by atoms with Gasteiger partial charge in [0.15, 0.2) is 5.65 Å². The number of benzene rings is 1. The molecule has 1 N–H and O–H groups in total. The number of aromatic nitrogens is 2. The van der Waals surface area contributed by atoms with Crippen molar-refractivity contribution in [2.45, 2.75) is 41.9 Å². The van der Waals surface area contributed by atoms with Gasteiger partial charge in [0.2, 0.25) is 0 Å². The number of hydrogen-bond donors (Lipinski definition) is 1. The average Bonchev–Trinajstić information content (AvgIpc) is 3.19. The summed E-state index contributed by atoms with van der Waals surface area (Å²) in [6.07, 6.45) is 5.57. The van der Waals surface area contributed by atoms with Crippen LogP contribution in [-0.2, 0) is 19.9 Å². The predicted octanol–water partition coefficient (Wildman–Crippen LogP) is 2.95. The molecule has 3 aromatic rings. The zero-order valence-corrected chi connectivity index (χ0v) is 18.8. The minimum atomic E-state index is -3.94. The van der Waals surface area contributed by atoms with Gasteiger partial charge in [-0.15, -0.1) is 0 Å². The van der Waals surface area contributed by atoms with Crippen LogP contribution in [0.3, 0.4) is 0 Å². The highest BCUT2D eigenvalue weighted by Gasteiger charge is 2.30. The lowest BCUT2D eigenvalue weighted by Gasteiger charge is -2.28. The molecule has 32 heavy (non-hydrogen) atoms. The fraction of sp³-hybridized carbons (Fsp3) is 0.350. The van der Waals surface area contributed by atoms with E-state index in [1.165, 1.54) is 30.7 Å². The molecule has 0 unspecified atom stereocenters. The first-order chi connectivity index (χ1) is 15.1. The Morgan fingerprint density at radius 2 is 1.72 bits per heavy atom. The van der Waals surface area contributed by atoms with Gasteiger partial charge in [-0.1, -0.05) is 18.2 Å². The van der Waals surface area contributed by atoms with Crippen LogP contribution < -0.4 is 5.32 Å². The maximum Gasteiger partial charge on any atom is 0.311 e. The minimum Gasteiger partial charge on any atom is -0.376 e. The fourth-order valence-corrected chi connectivity index (χ4v) is 6.53. The summed E-state index contributed by atoms with van der Waals surface area (Å²) in [5, 5.41) is 14.7. The maximum atomic E-state index is 13.1. The third-order valence-electron chi connectivity index (χ3n) is 5.79. The van der Waals surface area contributed by atoms with Crippen LogP contribution in [0.15, 0.2) is 53.7 Å². The first-order valence-electron chi connectivity index (χ1n) is 9.99. The first-order valence-corrected chi connectivity index (χ1v) is 13.4. The zero-order chi connectivity index (χ0) is 23.1. The number of nitro groups is 1. The van der Waals surface area contributed by atoms with Gasteiger partial charge in [0.05, 0.1) is 20.5 Å². The number of nitrogens with one attached hydrogen (secondary N) is 1. The van der Waals surface area contributed by atoms with Crippen molar-refractivity contribution in [3.63, 3.8) is 0 Å². The summed E-state index contributed by atoms with van der Waals surface area (Å²) in [6, 6.07) is 9.16. The van der Waals surface area contributed by atoms with E-state index < -0.39 is 30.0 Å². The number of rotatable bonds is 6. The minimum absolute atomic E-state index is 0.0752. The molecule has 1 fully saturated rings. The van der Waals surface area contributed by atoms with Crippen LogP contribution in [0.25, 0.3) is 11.0 Å². The molecular formula is C20H22N4O6S2. The molecule has 170 valence electrons. The molecule has 1 aliphatic carbocycles. The van der Waals surface area contributed by atoms with E-state index in [-0.39, 0.29) is 28.0 Å². The van der Waals surface area contributed by atoms with Crippen molar-refractivity contribution < 1.29 is 21.8 Å². The quantitative estimate of drug-likeness (QED) is 0.421. The van der Waals surface area contributed by atoms with Crippen molar-refractivity contribution in [2.75, 3.05) is 11.6 Å². The van der Waals surface area contributed by atoms with Gasteiger partial charge in [-0.25, -0.2) is 25.8 Å². The molecule has 0 aliphatic heterocycles. The molecule has 0 saturated heterocycles. The highest BCUT2D eigenvalue weighted by Crippen LogP contribution is 2.36. The Hall–Kier alpha value is -2.99. The van der Waals surface area contributed by atoms with Gasteiger partial charge < -0.3 is 5.32 Å². The highest BCUT2D eigenvalue weighted by molar-refractivity contribution is 7.91. The largest absolute Gasteiger partial charge is 0.376 e. The third kappa shape index (κ3) is 4.07. The molecule has 1 aliphatic rings. The standard InChI is InChI=1S/C20H22N4O6S2/c1-31(27,28)15-9-7-14(8-10-15)22-19-17-11-12-23(20(17)21-13-18(19)24(25)26)32(29,30)16-5-3-2-4-6-16/h2-6,11-15H,7-10H2,1H3,(H,21,22). The molecule has 10 nitrogen and oxygen atoms in total. The Balaban J connectivity index is 1.73. The second-order valence-corrected chi connectivity index (χ2v) is 12.0. The van der Waals surface area contributed by atoms with Crippen LogP contribution >= 0.6 is 0 Å². The molecule has 0 atom stereocenters. The maximum absolute atomic E-state index is 13.1. The number of sulfone groups is 1. The SMILES string of the molecule is CS(=O)(=O)C1CCC(Nc2c([N+](=O)[O-])cnc3c2ccn3S(=O)(=O)c2ccccc2)CC1. The number of nitrogens with zero attached hydrogens (tertiary/aromatic N) is 3. The Kier molecular flexibility index (Phi) is 5.67.